The number of carbonyl (C=O) groups excluding carboxylic acids is 2. The zero-order valence-electron chi connectivity index (χ0n) is 8.82. The Kier molecular flexibility index (Phi) is 4.10. The maximum absolute atomic E-state index is 10.7. The SMILES string of the molecule is COc1ccc(C#CCC(N)=O)cc1C=O. The molecule has 0 radical (unpaired) electrons. The molecule has 1 amide bonds. The van der Waals surface area contributed by atoms with Crippen molar-refractivity contribution in [1.29, 1.82) is 0 Å². The predicted octanol–water partition coefficient (Wildman–Crippen LogP) is 0.735. The largest absolute Gasteiger partial charge is 0.496 e. The van der Waals surface area contributed by atoms with E-state index in [4.69, 9.17) is 10.5 Å². The number of primary amides is 1. The number of hydrogen-bond donors (Lipinski definition) is 1. The van der Waals surface area contributed by atoms with Gasteiger partial charge in [-0.1, -0.05) is 11.8 Å². The summed E-state index contributed by atoms with van der Waals surface area (Å²) < 4.78 is 4.98. The number of rotatable bonds is 3. The van der Waals surface area contributed by atoms with Crippen LogP contribution in [-0.4, -0.2) is 19.3 Å². The Bertz CT molecular complexity index is 469. The number of aldehydes is 1. The normalized spacial score (nSPS) is 8.81. The molecule has 1 rings (SSSR count). The summed E-state index contributed by atoms with van der Waals surface area (Å²) in [4.78, 5) is 21.2. The highest BCUT2D eigenvalue weighted by Gasteiger charge is 2.01. The van der Waals surface area contributed by atoms with Gasteiger partial charge in [-0.15, -0.1) is 0 Å². The summed E-state index contributed by atoms with van der Waals surface area (Å²) in [6.45, 7) is 0. The lowest BCUT2D eigenvalue weighted by Crippen LogP contribution is -2.08. The van der Waals surface area contributed by atoms with Crippen molar-refractivity contribution in [2.24, 2.45) is 5.73 Å². The molecule has 4 nitrogen and oxygen atoms in total. The van der Waals surface area contributed by atoms with E-state index in [0.29, 0.717) is 23.2 Å². The van der Waals surface area contributed by atoms with Gasteiger partial charge in [0.25, 0.3) is 0 Å². The van der Waals surface area contributed by atoms with Crippen LogP contribution in [0.25, 0.3) is 0 Å². The molecule has 0 aromatic heterocycles. The molecule has 0 heterocycles. The fraction of sp³-hybridized carbons (Fsp3) is 0.167. The number of methoxy groups -OCH3 is 1. The standard InChI is InChI=1S/C12H11NO3/c1-16-11-6-5-9(7-10(11)8-14)3-2-4-12(13)15/h5-8H,4H2,1H3,(H2,13,15). The molecule has 1 aromatic carbocycles. The van der Waals surface area contributed by atoms with Crippen LogP contribution in [0.1, 0.15) is 22.3 Å². The van der Waals surface area contributed by atoms with Gasteiger partial charge in [0, 0.05) is 5.56 Å². The van der Waals surface area contributed by atoms with Crippen LogP contribution >= 0.6 is 0 Å². The van der Waals surface area contributed by atoms with Crippen LogP contribution < -0.4 is 10.5 Å². The fourth-order valence-corrected chi connectivity index (χ4v) is 1.14. The fourth-order valence-electron chi connectivity index (χ4n) is 1.14. The summed E-state index contributed by atoms with van der Waals surface area (Å²) in [5.74, 6) is 5.37. The van der Waals surface area contributed by atoms with E-state index >= 15 is 0 Å². The second-order valence-electron chi connectivity index (χ2n) is 3.02. The van der Waals surface area contributed by atoms with Crippen molar-refractivity contribution in [2.75, 3.05) is 7.11 Å². The quantitative estimate of drug-likeness (QED) is 0.599. The van der Waals surface area contributed by atoms with Gasteiger partial charge in [-0.25, -0.2) is 0 Å². The second-order valence-corrected chi connectivity index (χ2v) is 3.02. The molecule has 4 heteroatoms. The van der Waals surface area contributed by atoms with E-state index in [1.807, 2.05) is 0 Å². The highest BCUT2D eigenvalue weighted by Crippen LogP contribution is 2.17. The Morgan fingerprint density at radius 2 is 2.31 bits per heavy atom. The number of benzene rings is 1. The van der Waals surface area contributed by atoms with Gasteiger partial charge in [-0.3, -0.25) is 9.59 Å². The van der Waals surface area contributed by atoms with Gasteiger partial charge in [0.15, 0.2) is 6.29 Å². The van der Waals surface area contributed by atoms with Gasteiger partial charge in [-0.2, -0.15) is 0 Å². The molecular formula is C12H11NO3. The van der Waals surface area contributed by atoms with Crippen LogP contribution in [0.5, 0.6) is 5.75 Å². The van der Waals surface area contributed by atoms with E-state index in [1.165, 1.54) is 7.11 Å². The minimum absolute atomic E-state index is 0.00243. The first kappa shape index (κ1) is 11.8. The molecule has 2 N–H and O–H groups in total. The van der Waals surface area contributed by atoms with E-state index in [1.54, 1.807) is 18.2 Å². The molecular weight excluding hydrogens is 206 g/mol. The number of carbonyl (C=O) groups is 2. The molecule has 1 aromatic rings. The van der Waals surface area contributed by atoms with Crippen LogP contribution in [0, 0.1) is 11.8 Å². The Morgan fingerprint density at radius 1 is 1.56 bits per heavy atom. The first-order chi connectivity index (χ1) is 7.67. The van der Waals surface area contributed by atoms with Crippen LogP contribution in [0.4, 0.5) is 0 Å². The van der Waals surface area contributed by atoms with Crippen molar-refractivity contribution in [1.82, 2.24) is 0 Å². The average molecular weight is 217 g/mol. The van der Waals surface area contributed by atoms with E-state index < -0.39 is 5.91 Å². The maximum Gasteiger partial charge on any atom is 0.229 e. The maximum atomic E-state index is 10.7. The summed E-state index contributed by atoms with van der Waals surface area (Å²) in [6.07, 6.45) is 0.695. The van der Waals surface area contributed by atoms with E-state index in [9.17, 15) is 9.59 Å². The number of hydrogen-bond acceptors (Lipinski definition) is 3. The van der Waals surface area contributed by atoms with E-state index in [-0.39, 0.29) is 6.42 Å². The Labute approximate surface area is 93.4 Å². The number of ether oxygens (including phenoxy) is 1. The summed E-state index contributed by atoms with van der Waals surface area (Å²) in [7, 11) is 1.49. The van der Waals surface area contributed by atoms with Gasteiger partial charge in [0.2, 0.25) is 5.91 Å². The van der Waals surface area contributed by atoms with Crippen molar-refractivity contribution in [3.63, 3.8) is 0 Å². The molecule has 0 spiro atoms. The number of nitrogens with two attached hydrogens (primary N) is 1. The molecule has 0 aliphatic carbocycles. The van der Waals surface area contributed by atoms with Crippen LogP contribution in [0.15, 0.2) is 18.2 Å². The smallest absolute Gasteiger partial charge is 0.229 e. The van der Waals surface area contributed by atoms with Gasteiger partial charge in [0.1, 0.15) is 5.75 Å². The Balaban J connectivity index is 2.93. The second kappa shape index (κ2) is 5.56. The minimum atomic E-state index is -0.475. The lowest BCUT2D eigenvalue weighted by molar-refractivity contribution is -0.117. The molecule has 0 atom stereocenters. The average Bonchev–Trinajstić information content (AvgIpc) is 2.28. The van der Waals surface area contributed by atoms with Crippen molar-refractivity contribution >= 4 is 12.2 Å². The molecule has 0 unspecified atom stereocenters. The highest BCUT2D eigenvalue weighted by atomic mass is 16.5. The van der Waals surface area contributed by atoms with Gasteiger partial charge in [-0.05, 0) is 18.2 Å². The molecule has 0 saturated heterocycles. The molecule has 0 saturated carbocycles. The third kappa shape index (κ3) is 3.14. The molecule has 0 fully saturated rings. The van der Waals surface area contributed by atoms with E-state index in [0.717, 1.165) is 0 Å². The Morgan fingerprint density at radius 3 is 2.88 bits per heavy atom. The molecule has 16 heavy (non-hydrogen) atoms. The topological polar surface area (TPSA) is 69.4 Å². The van der Waals surface area contributed by atoms with Gasteiger partial charge < -0.3 is 10.5 Å². The van der Waals surface area contributed by atoms with Crippen LogP contribution in [-0.2, 0) is 4.79 Å². The van der Waals surface area contributed by atoms with Crippen LogP contribution in [0.2, 0.25) is 0 Å². The van der Waals surface area contributed by atoms with Crippen molar-refractivity contribution in [3.05, 3.63) is 29.3 Å². The summed E-state index contributed by atoms with van der Waals surface area (Å²) in [6, 6.07) is 4.96. The third-order valence-corrected chi connectivity index (χ3v) is 1.85. The monoisotopic (exact) mass is 217 g/mol. The highest BCUT2D eigenvalue weighted by molar-refractivity contribution is 5.80. The zero-order valence-corrected chi connectivity index (χ0v) is 8.82. The van der Waals surface area contributed by atoms with E-state index in [2.05, 4.69) is 11.8 Å². The van der Waals surface area contributed by atoms with Crippen LogP contribution in [0.3, 0.4) is 0 Å². The number of amides is 1. The predicted molar refractivity (Wildman–Crippen MR) is 59.1 cm³/mol. The molecule has 0 aliphatic heterocycles. The molecule has 0 aliphatic rings. The Hall–Kier alpha value is -2.28. The van der Waals surface area contributed by atoms with Crippen molar-refractivity contribution in [2.45, 2.75) is 6.42 Å². The third-order valence-electron chi connectivity index (χ3n) is 1.85. The van der Waals surface area contributed by atoms with Crippen molar-refractivity contribution in [3.8, 4) is 17.6 Å². The molecule has 82 valence electrons. The molecule has 0 bridgehead atoms. The lowest BCUT2D eigenvalue weighted by atomic mass is 10.1. The first-order valence-electron chi connectivity index (χ1n) is 4.57. The summed E-state index contributed by atoms with van der Waals surface area (Å²) in [5, 5.41) is 0. The first-order valence-corrected chi connectivity index (χ1v) is 4.57. The lowest BCUT2D eigenvalue weighted by Gasteiger charge is -2.02. The summed E-state index contributed by atoms with van der Waals surface area (Å²) >= 11 is 0. The summed E-state index contributed by atoms with van der Waals surface area (Å²) in [5.41, 5.74) is 6.01. The van der Waals surface area contributed by atoms with Gasteiger partial charge in [0.05, 0.1) is 19.1 Å². The van der Waals surface area contributed by atoms with Gasteiger partial charge >= 0.3 is 0 Å². The minimum Gasteiger partial charge on any atom is -0.496 e. The van der Waals surface area contributed by atoms with Crippen molar-refractivity contribution < 1.29 is 14.3 Å². The zero-order chi connectivity index (χ0) is 12.0.